The Labute approximate surface area is 193 Å². The predicted octanol–water partition coefficient (Wildman–Crippen LogP) is 5.13. The number of rotatable bonds is 7. The van der Waals surface area contributed by atoms with Crippen LogP contribution in [0.25, 0.3) is 11.2 Å². The van der Waals surface area contributed by atoms with Gasteiger partial charge in [0.15, 0.2) is 22.1 Å². The first-order valence-corrected chi connectivity index (χ1v) is 10.9. The molecule has 0 bridgehead atoms. The molecule has 10 heteroatoms. The Morgan fingerprint density at radius 2 is 1.84 bits per heavy atom. The first-order chi connectivity index (χ1) is 15.0. The van der Waals surface area contributed by atoms with E-state index >= 15 is 0 Å². The summed E-state index contributed by atoms with van der Waals surface area (Å²) in [5, 5.41) is 1.93. The third-order valence-corrected chi connectivity index (χ3v) is 6.49. The zero-order valence-corrected chi connectivity index (χ0v) is 19.1. The van der Waals surface area contributed by atoms with Crippen LogP contribution in [-0.2, 0) is 13.0 Å². The van der Waals surface area contributed by atoms with E-state index in [4.69, 9.17) is 43.4 Å². The number of methoxy groups -OCH3 is 2. The molecule has 0 fully saturated rings. The van der Waals surface area contributed by atoms with Crippen LogP contribution in [0.4, 0.5) is 5.82 Å². The fourth-order valence-corrected chi connectivity index (χ4v) is 4.81. The van der Waals surface area contributed by atoms with Crippen molar-refractivity contribution in [3.63, 3.8) is 0 Å². The van der Waals surface area contributed by atoms with Crippen LogP contribution in [0.3, 0.4) is 0 Å². The van der Waals surface area contributed by atoms with Gasteiger partial charge >= 0.3 is 0 Å². The van der Waals surface area contributed by atoms with Crippen LogP contribution in [0.1, 0.15) is 5.56 Å². The maximum absolute atomic E-state index is 6.37. The fraction of sp³-hybridized carbons (Fsp3) is 0.190. The highest BCUT2D eigenvalue weighted by molar-refractivity contribution is 7.99. The van der Waals surface area contributed by atoms with E-state index in [1.165, 1.54) is 18.1 Å². The van der Waals surface area contributed by atoms with E-state index in [1.54, 1.807) is 14.2 Å². The molecule has 4 aromatic rings. The van der Waals surface area contributed by atoms with Gasteiger partial charge in [-0.3, -0.25) is 0 Å². The predicted molar refractivity (Wildman–Crippen MR) is 124 cm³/mol. The van der Waals surface area contributed by atoms with E-state index in [-0.39, 0.29) is 0 Å². The van der Waals surface area contributed by atoms with Crippen molar-refractivity contribution in [1.29, 1.82) is 0 Å². The molecule has 0 atom stereocenters. The second-order valence-electron chi connectivity index (χ2n) is 6.55. The first kappa shape index (κ1) is 21.5. The van der Waals surface area contributed by atoms with Crippen molar-refractivity contribution in [2.75, 3.05) is 20.0 Å². The van der Waals surface area contributed by atoms with Crippen LogP contribution in [0.15, 0.2) is 52.8 Å². The molecular formula is C21H19Cl2N5O2S. The summed E-state index contributed by atoms with van der Waals surface area (Å²) in [5.41, 5.74) is 8.11. The van der Waals surface area contributed by atoms with Crippen molar-refractivity contribution in [2.24, 2.45) is 0 Å². The number of imidazole rings is 1. The van der Waals surface area contributed by atoms with Crippen LogP contribution in [0, 0.1) is 0 Å². The highest BCUT2D eigenvalue weighted by Crippen LogP contribution is 2.38. The summed E-state index contributed by atoms with van der Waals surface area (Å²) in [6, 6.07) is 11.1. The van der Waals surface area contributed by atoms with E-state index in [0.717, 1.165) is 10.5 Å². The van der Waals surface area contributed by atoms with Gasteiger partial charge in [0, 0.05) is 16.6 Å². The Morgan fingerprint density at radius 3 is 2.55 bits per heavy atom. The van der Waals surface area contributed by atoms with Gasteiger partial charge in [0.2, 0.25) is 0 Å². The number of nitrogens with zero attached hydrogens (tertiary/aromatic N) is 4. The van der Waals surface area contributed by atoms with Crippen molar-refractivity contribution < 1.29 is 9.47 Å². The molecular weight excluding hydrogens is 457 g/mol. The first-order valence-electron chi connectivity index (χ1n) is 9.31. The number of nitrogen functional groups attached to an aromatic ring is 1. The van der Waals surface area contributed by atoms with Gasteiger partial charge in [-0.05, 0) is 54.1 Å². The SMILES string of the molecule is COc1ccc(OC)c(Sc2nc3c(N)ncnc3n2CCc2c(Cl)cccc2Cl)c1. The lowest BCUT2D eigenvalue weighted by Gasteiger charge is -2.12. The normalized spacial score (nSPS) is 11.1. The summed E-state index contributed by atoms with van der Waals surface area (Å²) in [6.45, 7) is 0.547. The molecule has 0 aliphatic heterocycles. The quantitative estimate of drug-likeness (QED) is 0.396. The molecule has 7 nitrogen and oxygen atoms in total. The number of fused-ring (bicyclic) bond motifs is 1. The van der Waals surface area contributed by atoms with E-state index in [1.807, 2.05) is 41.0 Å². The molecule has 2 heterocycles. The maximum atomic E-state index is 6.37. The second-order valence-corrected chi connectivity index (χ2v) is 8.37. The van der Waals surface area contributed by atoms with Gasteiger partial charge in [-0.25, -0.2) is 15.0 Å². The number of hydrogen-bond donors (Lipinski definition) is 1. The number of nitrogens with two attached hydrogens (primary N) is 1. The van der Waals surface area contributed by atoms with E-state index in [0.29, 0.717) is 56.6 Å². The Balaban J connectivity index is 1.76. The minimum atomic E-state index is 0.319. The number of aryl methyl sites for hydroxylation is 1. The Morgan fingerprint density at radius 1 is 1.06 bits per heavy atom. The summed E-state index contributed by atoms with van der Waals surface area (Å²) in [7, 11) is 3.24. The van der Waals surface area contributed by atoms with Crippen molar-refractivity contribution in [3.8, 4) is 11.5 Å². The average molecular weight is 476 g/mol. The Hall–Kier alpha value is -2.68. The van der Waals surface area contributed by atoms with Gasteiger partial charge in [-0.1, -0.05) is 29.3 Å². The zero-order chi connectivity index (χ0) is 22.0. The summed E-state index contributed by atoms with van der Waals surface area (Å²) in [6.07, 6.45) is 2.02. The fourth-order valence-electron chi connectivity index (χ4n) is 3.17. The maximum Gasteiger partial charge on any atom is 0.175 e. The minimum absolute atomic E-state index is 0.319. The molecule has 160 valence electrons. The third-order valence-electron chi connectivity index (χ3n) is 4.74. The number of ether oxygens (including phenoxy) is 2. The van der Waals surface area contributed by atoms with Crippen LogP contribution >= 0.6 is 35.0 Å². The zero-order valence-electron chi connectivity index (χ0n) is 16.8. The average Bonchev–Trinajstić information content (AvgIpc) is 3.12. The smallest absolute Gasteiger partial charge is 0.175 e. The van der Waals surface area contributed by atoms with E-state index < -0.39 is 0 Å². The topological polar surface area (TPSA) is 88.1 Å². The van der Waals surface area contributed by atoms with Crippen molar-refractivity contribution in [1.82, 2.24) is 19.5 Å². The molecule has 31 heavy (non-hydrogen) atoms. The molecule has 0 amide bonds. The highest BCUT2D eigenvalue weighted by Gasteiger charge is 2.19. The minimum Gasteiger partial charge on any atom is -0.497 e. The van der Waals surface area contributed by atoms with Crippen LogP contribution < -0.4 is 15.2 Å². The monoisotopic (exact) mass is 475 g/mol. The number of anilines is 1. The van der Waals surface area contributed by atoms with Gasteiger partial charge in [0.05, 0.1) is 19.1 Å². The van der Waals surface area contributed by atoms with Crippen LogP contribution in [0.5, 0.6) is 11.5 Å². The largest absolute Gasteiger partial charge is 0.497 e. The highest BCUT2D eigenvalue weighted by atomic mass is 35.5. The number of hydrogen-bond acceptors (Lipinski definition) is 7. The summed E-state index contributed by atoms with van der Waals surface area (Å²) in [5.74, 6) is 1.74. The number of benzene rings is 2. The molecule has 0 saturated carbocycles. The van der Waals surface area contributed by atoms with Gasteiger partial charge in [0.25, 0.3) is 0 Å². The molecule has 2 aromatic carbocycles. The van der Waals surface area contributed by atoms with E-state index in [2.05, 4.69) is 9.97 Å². The summed E-state index contributed by atoms with van der Waals surface area (Å²) >= 11 is 14.2. The standard InChI is InChI=1S/C21H19Cl2N5O2S/c1-29-12-6-7-16(30-2)17(10-12)31-21-27-18-19(24)25-11-26-20(18)28(21)9-8-13-14(22)4-3-5-15(13)23/h3-7,10-11H,8-9H2,1-2H3,(H2,24,25,26). The molecule has 4 rings (SSSR count). The molecule has 0 aliphatic rings. The van der Waals surface area contributed by atoms with Gasteiger partial charge in [-0.2, -0.15) is 0 Å². The van der Waals surface area contributed by atoms with Crippen molar-refractivity contribution in [3.05, 3.63) is 58.3 Å². The number of aromatic nitrogens is 4. The molecule has 2 N–H and O–H groups in total. The Kier molecular flexibility index (Phi) is 6.41. The lowest BCUT2D eigenvalue weighted by atomic mass is 10.1. The van der Waals surface area contributed by atoms with Gasteiger partial charge in [0.1, 0.15) is 17.8 Å². The van der Waals surface area contributed by atoms with Gasteiger partial charge < -0.3 is 19.8 Å². The second kappa shape index (κ2) is 9.21. The van der Waals surface area contributed by atoms with Crippen LogP contribution in [0.2, 0.25) is 10.0 Å². The number of halogens is 2. The molecule has 0 unspecified atom stereocenters. The molecule has 2 aromatic heterocycles. The lowest BCUT2D eigenvalue weighted by molar-refractivity contribution is 0.394. The molecule has 0 saturated heterocycles. The summed E-state index contributed by atoms with van der Waals surface area (Å²) < 4.78 is 12.9. The van der Waals surface area contributed by atoms with Crippen molar-refractivity contribution >= 4 is 51.9 Å². The molecule has 0 spiro atoms. The van der Waals surface area contributed by atoms with E-state index in [9.17, 15) is 0 Å². The van der Waals surface area contributed by atoms with Crippen LogP contribution in [-0.4, -0.2) is 33.7 Å². The van der Waals surface area contributed by atoms with Crippen molar-refractivity contribution in [2.45, 2.75) is 23.0 Å². The summed E-state index contributed by atoms with van der Waals surface area (Å²) in [4.78, 5) is 14.0. The molecule has 0 aliphatic carbocycles. The Bertz CT molecular complexity index is 1230. The third kappa shape index (κ3) is 4.37. The molecule has 0 radical (unpaired) electrons. The van der Waals surface area contributed by atoms with Gasteiger partial charge in [-0.15, -0.1) is 0 Å². The lowest BCUT2D eigenvalue weighted by Crippen LogP contribution is -2.05.